The van der Waals surface area contributed by atoms with Gasteiger partial charge in [0.15, 0.2) is 5.11 Å². The molecule has 0 saturated carbocycles. The van der Waals surface area contributed by atoms with Crippen LogP contribution in [0, 0.1) is 0 Å². The second-order valence-corrected chi connectivity index (χ2v) is 7.12. The van der Waals surface area contributed by atoms with E-state index < -0.39 is 0 Å². The van der Waals surface area contributed by atoms with Crippen molar-refractivity contribution in [2.24, 2.45) is 0 Å². The minimum absolute atomic E-state index is 0.0208. The van der Waals surface area contributed by atoms with Crippen LogP contribution >= 0.6 is 28.1 Å². The van der Waals surface area contributed by atoms with Crippen LogP contribution in [0.2, 0.25) is 0 Å². The molecule has 2 amide bonds. The Morgan fingerprint density at radius 3 is 2.25 bits per heavy atom. The molecule has 0 spiro atoms. The van der Waals surface area contributed by atoms with Gasteiger partial charge < -0.3 is 15.4 Å². The normalized spacial score (nSPS) is 10.1. The molecule has 3 N–H and O–H groups in total. The Balaban J connectivity index is 1.91. The van der Waals surface area contributed by atoms with E-state index in [-0.39, 0.29) is 16.9 Å². The number of carbonyl (C=O) groups excluding carboxylic acids is 2. The summed E-state index contributed by atoms with van der Waals surface area (Å²) in [6.07, 6.45) is 1.28. The van der Waals surface area contributed by atoms with E-state index in [2.05, 4.69) is 31.9 Å². The summed E-state index contributed by atoms with van der Waals surface area (Å²) < 4.78 is 6.13. The fourth-order valence-electron chi connectivity index (χ4n) is 2.34. The van der Waals surface area contributed by atoms with Crippen molar-refractivity contribution in [1.82, 2.24) is 5.32 Å². The number of benzene rings is 2. The molecule has 28 heavy (non-hydrogen) atoms. The average Bonchev–Trinajstić information content (AvgIpc) is 2.65. The van der Waals surface area contributed by atoms with Crippen molar-refractivity contribution in [3.8, 4) is 5.75 Å². The van der Waals surface area contributed by atoms with Crippen LogP contribution in [0.5, 0.6) is 5.75 Å². The molecule has 0 heterocycles. The van der Waals surface area contributed by atoms with E-state index >= 15 is 0 Å². The molecule has 8 heteroatoms. The predicted octanol–water partition coefficient (Wildman–Crippen LogP) is 4.71. The summed E-state index contributed by atoms with van der Waals surface area (Å²) in [4.78, 5) is 24.0. The fraction of sp³-hybridized carbons (Fsp3) is 0.250. The van der Waals surface area contributed by atoms with Gasteiger partial charge in [-0.25, -0.2) is 0 Å². The van der Waals surface area contributed by atoms with E-state index in [9.17, 15) is 9.59 Å². The van der Waals surface area contributed by atoms with E-state index in [0.29, 0.717) is 40.2 Å². The molecule has 148 valence electrons. The molecule has 0 radical (unpaired) electrons. The summed E-state index contributed by atoms with van der Waals surface area (Å²) in [5, 5.41) is 8.57. The molecule has 0 aliphatic heterocycles. The van der Waals surface area contributed by atoms with Crippen LogP contribution in [0.25, 0.3) is 0 Å². The summed E-state index contributed by atoms with van der Waals surface area (Å²) in [5.41, 5.74) is 1.86. The highest BCUT2D eigenvalue weighted by Crippen LogP contribution is 2.26. The van der Waals surface area contributed by atoms with Crippen molar-refractivity contribution in [1.29, 1.82) is 0 Å². The van der Waals surface area contributed by atoms with E-state index in [1.807, 2.05) is 13.8 Å². The molecule has 0 aromatic heterocycles. The summed E-state index contributed by atoms with van der Waals surface area (Å²) in [6.45, 7) is 4.38. The number of anilines is 2. The molecule has 2 rings (SSSR count). The fourth-order valence-corrected chi connectivity index (χ4v) is 3.04. The third-order valence-electron chi connectivity index (χ3n) is 3.62. The molecule has 0 saturated heterocycles. The molecule has 2 aromatic rings. The minimum atomic E-state index is -0.329. The number of carbonyl (C=O) groups is 2. The molecule has 0 bridgehead atoms. The topological polar surface area (TPSA) is 79.5 Å². The first-order valence-electron chi connectivity index (χ1n) is 8.87. The van der Waals surface area contributed by atoms with Gasteiger partial charge in [0.1, 0.15) is 5.75 Å². The third kappa shape index (κ3) is 6.61. The van der Waals surface area contributed by atoms with Gasteiger partial charge in [0, 0.05) is 23.4 Å². The number of thiocarbonyl (C=S) groups is 1. The zero-order valence-corrected chi connectivity index (χ0v) is 18.1. The third-order valence-corrected chi connectivity index (χ3v) is 4.45. The quantitative estimate of drug-likeness (QED) is 0.517. The zero-order chi connectivity index (χ0) is 20.5. The van der Waals surface area contributed by atoms with Crippen LogP contribution in [0.3, 0.4) is 0 Å². The molecule has 0 aliphatic rings. The van der Waals surface area contributed by atoms with Gasteiger partial charge in [0.2, 0.25) is 5.91 Å². The Kier molecular flexibility index (Phi) is 8.41. The predicted molar refractivity (Wildman–Crippen MR) is 119 cm³/mol. The first-order chi connectivity index (χ1) is 13.4. The van der Waals surface area contributed by atoms with Gasteiger partial charge in [-0.3, -0.25) is 14.9 Å². The SMILES string of the molecule is CCCC(=O)Nc1ccc(NC(=S)NC(=O)c2ccc(OCC)c(Br)c2)cc1. The molecule has 2 aromatic carbocycles. The number of rotatable bonds is 7. The van der Waals surface area contributed by atoms with Crippen molar-refractivity contribution in [2.75, 3.05) is 17.2 Å². The lowest BCUT2D eigenvalue weighted by molar-refractivity contribution is -0.116. The molecule has 0 aliphatic carbocycles. The number of hydrogen-bond donors (Lipinski definition) is 3. The molecule has 0 fully saturated rings. The molecule has 0 atom stereocenters. The first kappa shape index (κ1) is 21.8. The Labute approximate surface area is 178 Å². The first-order valence-corrected chi connectivity index (χ1v) is 10.1. The summed E-state index contributed by atoms with van der Waals surface area (Å²) in [5.74, 6) is 0.322. The summed E-state index contributed by atoms with van der Waals surface area (Å²) in [7, 11) is 0. The lowest BCUT2D eigenvalue weighted by Gasteiger charge is -2.12. The maximum Gasteiger partial charge on any atom is 0.257 e. The number of halogens is 1. The van der Waals surface area contributed by atoms with Crippen LogP contribution in [-0.2, 0) is 4.79 Å². The van der Waals surface area contributed by atoms with E-state index in [4.69, 9.17) is 17.0 Å². The van der Waals surface area contributed by atoms with Gasteiger partial charge in [-0.05, 0) is 84.0 Å². The van der Waals surface area contributed by atoms with E-state index in [1.54, 1.807) is 42.5 Å². The van der Waals surface area contributed by atoms with Gasteiger partial charge in [0.05, 0.1) is 11.1 Å². The number of nitrogens with one attached hydrogen (secondary N) is 3. The van der Waals surface area contributed by atoms with Crippen molar-refractivity contribution < 1.29 is 14.3 Å². The van der Waals surface area contributed by atoms with Crippen molar-refractivity contribution in [2.45, 2.75) is 26.7 Å². The number of amides is 2. The second kappa shape index (κ2) is 10.8. The maximum absolute atomic E-state index is 12.4. The molecular weight excluding hydrogens is 442 g/mol. The van der Waals surface area contributed by atoms with Gasteiger partial charge in [-0.2, -0.15) is 0 Å². The Hall–Kier alpha value is -2.45. The zero-order valence-electron chi connectivity index (χ0n) is 15.7. The highest BCUT2D eigenvalue weighted by Gasteiger charge is 2.11. The molecular formula is C20H22BrN3O3S. The van der Waals surface area contributed by atoms with Crippen LogP contribution in [0.4, 0.5) is 11.4 Å². The highest BCUT2D eigenvalue weighted by atomic mass is 79.9. The van der Waals surface area contributed by atoms with Crippen LogP contribution in [0.1, 0.15) is 37.0 Å². The number of hydrogen-bond acceptors (Lipinski definition) is 4. The summed E-state index contributed by atoms with van der Waals surface area (Å²) >= 11 is 8.59. The Bertz CT molecular complexity index is 856. The lowest BCUT2D eigenvalue weighted by Crippen LogP contribution is -2.34. The molecule has 6 nitrogen and oxygen atoms in total. The lowest BCUT2D eigenvalue weighted by atomic mass is 10.2. The standard InChI is InChI=1S/C20H22BrN3O3S/c1-3-5-18(25)22-14-7-9-15(10-8-14)23-20(28)24-19(26)13-6-11-17(27-4-2)16(21)12-13/h6-12H,3-5H2,1-2H3,(H,22,25)(H2,23,24,26,28). The van der Waals surface area contributed by atoms with Crippen molar-refractivity contribution >= 4 is 56.4 Å². The second-order valence-electron chi connectivity index (χ2n) is 5.86. The number of ether oxygens (including phenoxy) is 1. The average molecular weight is 464 g/mol. The highest BCUT2D eigenvalue weighted by molar-refractivity contribution is 9.10. The minimum Gasteiger partial charge on any atom is -0.493 e. The van der Waals surface area contributed by atoms with Gasteiger partial charge in [-0.1, -0.05) is 6.92 Å². The van der Waals surface area contributed by atoms with E-state index in [0.717, 1.165) is 6.42 Å². The van der Waals surface area contributed by atoms with Gasteiger partial charge >= 0.3 is 0 Å². The van der Waals surface area contributed by atoms with E-state index in [1.165, 1.54) is 0 Å². The monoisotopic (exact) mass is 463 g/mol. The van der Waals surface area contributed by atoms with Crippen molar-refractivity contribution in [3.63, 3.8) is 0 Å². The van der Waals surface area contributed by atoms with Gasteiger partial charge in [0.25, 0.3) is 5.91 Å². The summed E-state index contributed by atoms with van der Waals surface area (Å²) in [6, 6.07) is 12.2. The Morgan fingerprint density at radius 1 is 1.04 bits per heavy atom. The smallest absolute Gasteiger partial charge is 0.257 e. The Morgan fingerprint density at radius 2 is 1.68 bits per heavy atom. The van der Waals surface area contributed by atoms with Crippen LogP contribution in [-0.4, -0.2) is 23.5 Å². The largest absolute Gasteiger partial charge is 0.493 e. The maximum atomic E-state index is 12.4. The molecule has 0 unspecified atom stereocenters. The van der Waals surface area contributed by atoms with Crippen LogP contribution < -0.4 is 20.7 Å². The van der Waals surface area contributed by atoms with Crippen molar-refractivity contribution in [3.05, 3.63) is 52.5 Å². The van der Waals surface area contributed by atoms with Gasteiger partial charge in [-0.15, -0.1) is 0 Å². The van der Waals surface area contributed by atoms with Crippen LogP contribution in [0.15, 0.2) is 46.9 Å².